The number of benzene rings is 1. The minimum atomic E-state index is 0.227. The molecule has 0 nitrogen and oxygen atoms in total. The third kappa shape index (κ3) is 2.00. The van der Waals surface area contributed by atoms with Crippen molar-refractivity contribution in [3.05, 3.63) is 35.9 Å². The molecule has 2 fully saturated rings. The summed E-state index contributed by atoms with van der Waals surface area (Å²) < 4.78 is 0. The Balaban J connectivity index is 1.63. The first-order valence-corrected chi connectivity index (χ1v) is 6.95. The summed E-state index contributed by atoms with van der Waals surface area (Å²) in [5.74, 6) is 2.94. The maximum absolute atomic E-state index is 6.52. The van der Waals surface area contributed by atoms with Gasteiger partial charge < -0.3 is 0 Å². The Hall–Kier alpha value is -0.490. The van der Waals surface area contributed by atoms with E-state index in [1.807, 2.05) is 0 Å². The second-order valence-corrected chi connectivity index (χ2v) is 6.08. The molecule has 0 radical (unpaired) electrons. The molecule has 0 aromatic heterocycles. The molecule has 16 heavy (non-hydrogen) atoms. The van der Waals surface area contributed by atoms with Gasteiger partial charge in [0.2, 0.25) is 0 Å². The summed E-state index contributed by atoms with van der Waals surface area (Å²) in [7, 11) is 0. The molecule has 0 heterocycles. The number of fused-ring (bicyclic) bond motifs is 2. The molecule has 3 rings (SSSR count). The smallest absolute Gasteiger partial charge is 0.0588 e. The quantitative estimate of drug-likeness (QED) is 0.660. The Morgan fingerprint density at radius 3 is 2.56 bits per heavy atom. The van der Waals surface area contributed by atoms with Crippen LogP contribution in [0.25, 0.3) is 0 Å². The number of hydrogen-bond donors (Lipinski definition) is 0. The summed E-state index contributed by atoms with van der Waals surface area (Å²) in [5.41, 5.74) is 1.30. The van der Waals surface area contributed by atoms with Crippen LogP contribution in [-0.2, 0) is 0 Å². The van der Waals surface area contributed by atoms with Crippen LogP contribution in [0.1, 0.15) is 43.0 Å². The van der Waals surface area contributed by atoms with Crippen LogP contribution >= 0.6 is 11.6 Å². The predicted octanol–water partition coefficient (Wildman–Crippen LogP) is 4.79. The highest BCUT2D eigenvalue weighted by atomic mass is 35.5. The molecule has 4 atom stereocenters. The van der Waals surface area contributed by atoms with Crippen LogP contribution in [0.15, 0.2) is 30.3 Å². The molecule has 2 saturated carbocycles. The molecular weight excluding hydrogens is 216 g/mol. The van der Waals surface area contributed by atoms with Gasteiger partial charge in [0.05, 0.1) is 5.38 Å². The highest BCUT2D eigenvalue weighted by Gasteiger charge is 2.39. The lowest BCUT2D eigenvalue weighted by Gasteiger charge is -2.23. The summed E-state index contributed by atoms with van der Waals surface area (Å²) in [6, 6.07) is 10.6. The first-order valence-electron chi connectivity index (χ1n) is 6.52. The van der Waals surface area contributed by atoms with Gasteiger partial charge in [0.25, 0.3) is 0 Å². The van der Waals surface area contributed by atoms with E-state index in [4.69, 9.17) is 11.6 Å². The van der Waals surface area contributed by atoms with Crippen LogP contribution in [0, 0.1) is 17.8 Å². The van der Waals surface area contributed by atoms with E-state index >= 15 is 0 Å². The van der Waals surface area contributed by atoms with Crippen molar-refractivity contribution in [1.82, 2.24) is 0 Å². The summed E-state index contributed by atoms with van der Waals surface area (Å²) in [4.78, 5) is 0. The van der Waals surface area contributed by atoms with E-state index in [-0.39, 0.29) is 5.38 Å². The van der Waals surface area contributed by atoms with Gasteiger partial charge in [-0.25, -0.2) is 0 Å². The van der Waals surface area contributed by atoms with Crippen molar-refractivity contribution in [3.8, 4) is 0 Å². The molecule has 2 bridgehead atoms. The van der Waals surface area contributed by atoms with Crippen molar-refractivity contribution in [3.63, 3.8) is 0 Å². The minimum Gasteiger partial charge on any atom is -0.118 e. The number of rotatable bonds is 3. The summed E-state index contributed by atoms with van der Waals surface area (Å²) in [6.07, 6.45) is 7.07. The van der Waals surface area contributed by atoms with Gasteiger partial charge >= 0.3 is 0 Å². The molecule has 4 unspecified atom stereocenters. The van der Waals surface area contributed by atoms with Gasteiger partial charge in [-0.3, -0.25) is 0 Å². The number of alkyl halides is 1. The zero-order valence-corrected chi connectivity index (χ0v) is 10.4. The van der Waals surface area contributed by atoms with Crippen LogP contribution in [0.3, 0.4) is 0 Å². The van der Waals surface area contributed by atoms with Gasteiger partial charge in [-0.15, -0.1) is 11.6 Å². The fourth-order valence-corrected chi connectivity index (χ4v) is 4.10. The molecule has 0 amide bonds. The van der Waals surface area contributed by atoms with E-state index < -0.39 is 0 Å². The third-order valence-corrected chi connectivity index (χ3v) is 4.99. The van der Waals surface area contributed by atoms with Crippen LogP contribution < -0.4 is 0 Å². The van der Waals surface area contributed by atoms with Crippen LogP contribution in [0.2, 0.25) is 0 Å². The zero-order chi connectivity index (χ0) is 11.0. The molecule has 0 N–H and O–H groups in total. The molecule has 0 aliphatic heterocycles. The summed E-state index contributed by atoms with van der Waals surface area (Å²) in [5, 5.41) is 0.227. The first kappa shape index (κ1) is 10.7. The molecule has 0 saturated heterocycles. The van der Waals surface area contributed by atoms with Crippen LogP contribution in [0.4, 0.5) is 0 Å². The van der Waals surface area contributed by atoms with E-state index in [0.29, 0.717) is 0 Å². The fraction of sp³-hybridized carbons (Fsp3) is 0.600. The third-order valence-electron chi connectivity index (χ3n) is 4.56. The molecule has 1 heteroatoms. The van der Waals surface area contributed by atoms with Crippen LogP contribution in [-0.4, -0.2) is 0 Å². The van der Waals surface area contributed by atoms with E-state index in [0.717, 1.165) is 17.8 Å². The minimum absolute atomic E-state index is 0.227. The monoisotopic (exact) mass is 234 g/mol. The average molecular weight is 235 g/mol. The lowest BCUT2D eigenvalue weighted by Crippen LogP contribution is -2.12. The number of hydrogen-bond acceptors (Lipinski definition) is 0. The van der Waals surface area contributed by atoms with Crippen LogP contribution in [0.5, 0.6) is 0 Å². The van der Waals surface area contributed by atoms with E-state index in [9.17, 15) is 0 Å². The summed E-state index contributed by atoms with van der Waals surface area (Å²) in [6.45, 7) is 0. The SMILES string of the molecule is ClC(CC1CC2CCC1C2)c1ccccc1. The van der Waals surface area contributed by atoms with Crippen molar-refractivity contribution in [2.45, 2.75) is 37.5 Å². The highest BCUT2D eigenvalue weighted by molar-refractivity contribution is 6.20. The molecule has 2 aliphatic carbocycles. The lowest BCUT2D eigenvalue weighted by molar-refractivity contribution is 0.312. The lowest BCUT2D eigenvalue weighted by atomic mass is 9.84. The Labute approximate surface area is 103 Å². The number of halogens is 1. The van der Waals surface area contributed by atoms with E-state index in [1.165, 1.54) is 37.7 Å². The van der Waals surface area contributed by atoms with Gasteiger partial charge in [-0.1, -0.05) is 36.8 Å². The highest BCUT2D eigenvalue weighted by Crippen LogP contribution is 2.51. The van der Waals surface area contributed by atoms with Crippen molar-refractivity contribution >= 4 is 11.6 Å². The zero-order valence-electron chi connectivity index (χ0n) is 9.61. The van der Waals surface area contributed by atoms with Crippen molar-refractivity contribution < 1.29 is 0 Å². The molecule has 2 aliphatic rings. The average Bonchev–Trinajstić information content (AvgIpc) is 2.92. The first-order chi connectivity index (χ1) is 7.83. The Morgan fingerprint density at radius 1 is 1.12 bits per heavy atom. The Kier molecular flexibility index (Phi) is 2.93. The normalized spacial score (nSPS) is 34.2. The summed E-state index contributed by atoms with van der Waals surface area (Å²) >= 11 is 6.52. The van der Waals surface area contributed by atoms with Crippen molar-refractivity contribution in [1.29, 1.82) is 0 Å². The van der Waals surface area contributed by atoms with E-state index in [2.05, 4.69) is 30.3 Å². The Bertz CT molecular complexity index is 346. The predicted molar refractivity (Wildman–Crippen MR) is 68.6 cm³/mol. The molecule has 0 spiro atoms. The second kappa shape index (κ2) is 4.41. The van der Waals surface area contributed by atoms with Gasteiger partial charge in [-0.05, 0) is 49.0 Å². The van der Waals surface area contributed by atoms with Gasteiger partial charge in [0, 0.05) is 0 Å². The molecular formula is C15H19Cl. The largest absolute Gasteiger partial charge is 0.118 e. The van der Waals surface area contributed by atoms with E-state index in [1.54, 1.807) is 0 Å². The molecule has 86 valence electrons. The topological polar surface area (TPSA) is 0 Å². The van der Waals surface area contributed by atoms with Crippen molar-refractivity contribution in [2.24, 2.45) is 17.8 Å². The standard InChI is InChI=1S/C15H19Cl/c16-15(12-4-2-1-3-5-12)10-14-9-11-6-7-13(14)8-11/h1-5,11,13-15H,6-10H2. The second-order valence-electron chi connectivity index (χ2n) is 5.55. The maximum atomic E-state index is 6.52. The fourth-order valence-electron chi connectivity index (χ4n) is 3.73. The van der Waals surface area contributed by atoms with Gasteiger partial charge in [-0.2, -0.15) is 0 Å². The Morgan fingerprint density at radius 2 is 1.94 bits per heavy atom. The molecule has 1 aromatic carbocycles. The van der Waals surface area contributed by atoms with Gasteiger partial charge in [0.1, 0.15) is 0 Å². The van der Waals surface area contributed by atoms with Crippen molar-refractivity contribution in [2.75, 3.05) is 0 Å². The van der Waals surface area contributed by atoms with Gasteiger partial charge in [0.15, 0.2) is 0 Å². The maximum Gasteiger partial charge on any atom is 0.0588 e. The molecule has 1 aromatic rings.